The summed E-state index contributed by atoms with van der Waals surface area (Å²) >= 11 is 1.68. The second-order valence-electron chi connectivity index (χ2n) is 9.10. The van der Waals surface area contributed by atoms with Gasteiger partial charge in [0.1, 0.15) is 12.4 Å². The molecule has 0 aliphatic carbocycles. The Morgan fingerprint density at radius 2 is 1.49 bits per heavy atom. The summed E-state index contributed by atoms with van der Waals surface area (Å²) in [5.74, 6) is 0.759. The van der Waals surface area contributed by atoms with Crippen LogP contribution in [0.25, 0.3) is 11.1 Å². The van der Waals surface area contributed by atoms with Crippen LogP contribution in [0.5, 0.6) is 5.75 Å². The first-order valence-corrected chi connectivity index (χ1v) is 13.5. The molecule has 0 saturated heterocycles. The van der Waals surface area contributed by atoms with Gasteiger partial charge in [-0.1, -0.05) is 78.9 Å². The van der Waals surface area contributed by atoms with Crippen LogP contribution in [0.2, 0.25) is 0 Å². The predicted molar refractivity (Wildman–Crippen MR) is 151 cm³/mol. The van der Waals surface area contributed by atoms with Crippen LogP contribution < -0.4 is 10.3 Å². The summed E-state index contributed by atoms with van der Waals surface area (Å²) in [6, 6.07) is 30.5. The van der Waals surface area contributed by atoms with E-state index in [2.05, 4.69) is 41.1 Å². The zero-order valence-corrected chi connectivity index (χ0v) is 21.8. The highest BCUT2D eigenvalue weighted by molar-refractivity contribution is 7.07. The molecule has 5 heteroatoms. The number of nitrogens with zero attached hydrogens (tertiary/aromatic N) is 2. The zero-order chi connectivity index (χ0) is 25.5. The third-order valence-corrected chi connectivity index (χ3v) is 7.25. The molecule has 5 rings (SSSR count). The van der Waals surface area contributed by atoms with Gasteiger partial charge in [-0.3, -0.25) is 4.79 Å². The molecule has 37 heavy (non-hydrogen) atoms. The highest BCUT2D eigenvalue weighted by Gasteiger charge is 2.20. The van der Waals surface area contributed by atoms with Gasteiger partial charge in [0.25, 0.3) is 5.56 Å². The Morgan fingerprint density at radius 1 is 0.784 bits per heavy atom. The Balaban J connectivity index is 1.51. The van der Waals surface area contributed by atoms with Crippen LogP contribution >= 0.6 is 11.3 Å². The van der Waals surface area contributed by atoms with Gasteiger partial charge in [0.2, 0.25) is 0 Å². The summed E-state index contributed by atoms with van der Waals surface area (Å²) in [7, 11) is 0. The quantitative estimate of drug-likeness (QED) is 0.207. The molecule has 2 aromatic heterocycles. The average Bonchev–Trinajstić information content (AvgIpc) is 3.46. The van der Waals surface area contributed by atoms with Gasteiger partial charge in [0, 0.05) is 23.2 Å². The highest BCUT2D eigenvalue weighted by Crippen LogP contribution is 2.34. The van der Waals surface area contributed by atoms with E-state index in [0.29, 0.717) is 19.6 Å². The maximum Gasteiger partial charge on any atom is 0.270 e. The van der Waals surface area contributed by atoms with E-state index in [-0.39, 0.29) is 5.56 Å². The molecule has 2 heterocycles. The second kappa shape index (κ2) is 11.8. The summed E-state index contributed by atoms with van der Waals surface area (Å²) in [6.07, 6.45) is 2.21. The van der Waals surface area contributed by atoms with Crippen molar-refractivity contribution in [1.82, 2.24) is 9.78 Å². The Morgan fingerprint density at radius 3 is 2.22 bits per heavy atom. The number of rotatable bonds is 10. The SMILES string of the molecule is Cc1nn(CCc2ccccc2)c(=O)c(CCc2ccsc2)c1-c1ccccc1OCc1ccccc1. The average molecular weight is 507 g/mol. The second-order valence-corrected chi connectivity index (χ2v) is 9.88. The molecule has 4 nitrogen and oxygen atoms in total. The third kappa shape index (κ3) is 6.07. The molecule has 0 amide bonds. The van der Waals surface area contributed by atoms with Gasteiger partial charge in [0.05, 0.1) is 5.69 Å². The van der Waals surface area contributed by atoms with Gasteiger partial charge in [-0.05, 0) is 65.8 Å². The van der Waals surface area contributed by atoms with Gasteiger partial charge in [-0.25, -0.2) is 4.68 Å². The van der Waals surface area contributed by atoms with Crippen molar-refractivity contribution in [3.63, 3.8) is 0 Å². The number of hydrogen-bond donors (Lipinski definition) is 0. The van der Waals surface area contributed by atoms with E-state index in [0.717, 1.165) is 46.5 Å². The van der Waals surface area contributed by atoms with E-state index >= 15 is 0 Å². The van der Waals surface area contributed by atoms with Crippen molar-refractivity contribution in [3.05, 3.63) is 140 Å². The van der Waals surface area contributed by atoms with Gasteiger partial charge in [0.15, 0.2) is 0 Å². The van der Waals surface area contributed by atoms with Gasteiger partial charge in [-0.15, -0.1) is 0 Å². The van der Waals surface area contributed by atoms with Crippen molar-refractivity contribution in [2.75, 3.05) is 0 Å². The maximum atomic E-state index is 13.8. The predicted octanol–water partition coefficient (Wildman–Crippen LogP) is 6.89. The lowest BCUT2D eigenvalue weighted by Gasteiger charge is -2.18. The van der Waals surface area contributed by atoms with Crippen molar-refractivity contribution in [2.45, 2.75) is 39.3 Å². The molecular weight excluding hydrogens is 476 g/mol. The summed E-state index contributed by atoms with van der Waals surface area (Å²) in [4.78, 5) is 13.8. The molecule has 5 aromatic rings. The standard InChI is InChI=1S/C32H30N2O2S/c1-24-31(28-14-8-9-15-30(28)36-22-26-12-6-3-7-13-26)29(17-16-27-19-21-37-23-27)32(35)34(33-24)20-18-25-10-4-2-5-11-25/h2-15,19,21,23H,16-18,20,22H2,1H3. The molecule has 0 atom stereocenters. The molecular formula is C32H30N2O2S. The van der Waals surface area contributed by atoms with Crippen molar-refractivity contribution in [3.8, 4) is 16.9 Å². The topological polar surface area (TPSA) is 44.1 Å². The molecule has 0 saturated carbocycles. The van der Waals surface area contributed by atoms with Crippen LogP contribution in [0.3, 0.4) is 0 Å². The third-order valence-electron chi connectivity index (χ3n) is 6.52. The van der Waals surface area contributed by atoms with Crippen molar-refractivity contribution < 1.29 is 4.74 Å². The van der Waals surface area contributed by atoms with E-state index in [4.69, 9.17) is 9.84 Å². The Labute approximate surface area is 221 Å². The van der Waals surface area contributed by atoms with Crippen molar-refractivity contribution >= 4 is 11.3 Å². The van der Waals surface area contributed by atoms with E-state index in [9.17, 15) is 4.79 Å². The normalized spacial score (nSPS) is 10.9. The fraction of sp³-hybridized carbons (Fsp3) is 0.188. The minimum atomic E-state index is -0.0235. The number of aryl methyl sites for hydroxylation is 4. The van der Waals surface area contributed by atoms with Gasteiger partial charge >= 0.3 is 0 Å². The molecule has 3 aromatic carbocycles. The molecule has 0 N–H and O–H groups in total. The minimum Gasteiger partial charge on any atom is -0.488 e. The molecule has 0 fully saturated rings. The first-order valence-electron chi connectivity index (χ1n) is 12.6. The van der Waals surface area contributed by atoms with Gasteiger partial charge in [-0.2, -0.15) is 16.4 Å². The number of thiophene rings is 1. The molecule has 0 bridgehead atoms. The first kappa shape index (κ1) is 24.7. The van der Waals surface area contributed by atoms with Gasteiger partial charge < -0.3 is 4.74 Å². The zero-order valence-electron chi connectivity index (χ0n) is 21.0. The number of aromatic nitrogens is 2. The summed E-state index contributed by atoms with van der Waals surface area (Å²) < 4.78 is 7.92. The van der Waals surface area contributed by atoms with Crippen LogP contribution in [0, 0.1) is 6.92 Å². The highest BCUT2D eigenvalue weighted by atomic mass is 32.1. The van der Waals surface area contributed by atoms with Crippen LogP contribution in [0.15, 0.2) is 107 Å². The van der Waals surface area contributed by atoms with Crippen molar-refractivity contribution in [1.29, 1.82) is 0 Å². The Hall–Kier alpha value is -3.96. The smallest absolute Gasteiger partial charge is 0.270 e. The lowest BCUT2D eigenvalue weighted by atomic mass is 9.95. The van der Waals surface area contributed by atoms with Crippen LogP contribution in [-0.4, -0.2) is 9.78 Å². The lowest BCUT2D eigenvalue weighted by molar-refractivity contribution is 0.307. The van der Waals surface area contributed by atoms with Crippen LogP contribution in [-0.2, 0) is 32.4 Å². The monoisotopic (exact) mass is 506 g/mol. The molecule has 186 valence electrons. The molecule has 0 aliphatic heterocycles. The van der Waals surface area contributed by atoms with Crippen LogP contribution in [0.1, 0.15) is 27.9 Å². The molecule has 0 aliphatic rings. The Kier molecular flexibility index (Phi) is 7.92. The van der Waals surface area contributed by atoms with Crippen LogP contribution in [0.4, 0.5) is 0 Å². The summed E-state index contributed by atoms with van der Waals surface area (Å²) in [5, 5.41) is 9.01. The van der Waals surface area contributed by atoms with E-state index in [1.807, 2.05) is 67.6 Å². The lowest BCUT2D eigenvalue weighted by Crippen LogP contribution is -2.29. The number of benzene rings is 3. The van der Waals surface area contributed by atoms with Crippen molar-refractivity contribution in [2.24, 2.45) is 0 Å². The molecule has 0 spiro atoms. The minimum absolute atomic E-state index is 0.0235. The van der Waals surface area contributed by atoms with E-state index < -0.39 is 0 Å². The summed E-state index contributed by atoms with van der Waals surface area (Å²) in [5.41, 5.74) is 6.94. The van der Waals surface area contributed by atoms with E-state index in [1.165, 1.54) is 11.1 Å². The largest absolute Gasteiger partial charge is 0.488 e. The first-order chi connectivity index (χ1) is 18.2. The number of hydrogen-bond acceptors (Lipinski definition) is 4. The van der Waals surface area contributed by atoms with E-state index in [1.54, 1.807) is 16.0 Å². The molecule has 0 radical (unpaired) electrons. The Bertz CT molecular complexity index is 1490. The fourth-order valence-electron chi connectivity index (χ4n) is 4.62. The summed E-state index contributed by atoms with van der Waals surface area (Å²) in [6.45, 7) is 3.00. The maximum absolute atomic E-state index is 13.8. The fourth-order valence-corrected chi connectivity index (χ4v) is 5.32. The number of para-hydroxylation sites is 1. The molecule has 0 unspecified atom stereocenters. The number of ether oxygens (including phenoxy) is 1.